The summed E-state index contributed by atoms with van der Waals surface area (Å²) in [5.41, 5.74) is 2.49. The lowest BCUT2D eigenvalue weighted by atomic mass is 10.3. The number of fused-ring (bicyclic) bond motifs is 1. The van der Waals surface area contributed by atoms with Gasteiger partial charge in [0.05, 0.1) is 11.4 Å². The molecular formula is C17H21N5O2. The van der Waals surface area contributed by atoms with E-state index in [1.807, 2.05) is 13.0 Å². The highest BCUT2D eigenvalue weighted by Gasteiger charge is 2.28. The minimum Gasteiger partial charge on any atom is -0.310 e. The van der Waals surface area contributed by atoms with Crippen molar-refractivity contribution in [2.45, 2.75) is 57.8 Å². The maximum Gasteiger partial charge on any atom is 0.255 e. The fraction of sp³-hybridized carbons (Fsp3) is 0.529. The first-order valence-electron chi connectivity index (χ1n) is 8.68. The first-order chi connectivity index (χ1) is 11.7. The Kier molecular flexibility index (Phi) is 3.70. The Morgan fingerprint density at radius 3 is 3.00 bits per heavy atom. The Bertz CT molecular complexity index is 847. The monoisotopic (exact) mass is 327 g/mol. The van der Waals surface area contributed by atoms with E-state index in [4.69, 9.17) is 0 Å². The van der Waals surface area contributed by atoms with Gasteiger partial charge in [-0.1, -0.05) is 6.92 Å². The van der Waals surface area contributed by atoms with Crippen LogP contribution in [0.2, 0.25) is 0 Å². The molecule has 1 amide bonds. The molecule has 0 bridgehead atoms. The van der Waals surface area contributed by atoms with Crippen molar-refractivity contribution >= 4 is 11.7 Å². The van der Waals surface area contributed by atoms with E-state index in [1.54, 1.807) is 4.68 Å². The van der Waals surface area contributed by atoms with E-state index < -0.39 is 0 Å². The first kappa shape index (κ1) is 15.1. The van der Waals surface area contributed by atoms with Crippen LogP contribution < -0.4 is 10.9 Å². The van der Waals surface area contributed by atoms with Crippen molar-refractivity contribution < 1.29 is 4.79 Å². The smallest absolute Gasteiger partial charge is 0.255 e. The molecule has 0 spiro atoms. The van der Waals surface area contributed by atoms with E-state index in [9.17, 15) is 9.59 Å². The molecule has 4 rings (SSSR count). The number of nitrogens with zero attached hydrogens (tertiary/aromatic N) is 3. The summed E-state index contributed by atoms with van der Waals surface area (Å²) < 4.78 is 1.57. The summed E-state index contributed by atoms with van der Waals surface area (Å²) in [6.45, 7) is 1.96. The van der Waals surface area contributed by atoms with Gasteiger partial charge in [0.1, 0.15) is 5.82 Å². The number of nitrogens with one attached hydrogen (secondary N) is 2. The zero-order valence-corrected chi connectivity index (χ0v) is 13.8. The van der Waals surface area contributed by atoms with E-state index in [2.05, 4.69) is 20.4 Å². The second-order valence-electron chi connectivity index (χ2n) is 6.61. The lowest BCUT2D eigenvalue weighted by Crippen LogP contribution is -2.21. The van der Waals surface area contributed by atoms with Gasteiger partial charge in [-0.2, -0.15) is 9.78 Å². The molecule has 7 heteroatoms. The Balaban J connectivity index is 1.75. The molecule has 2 N–H and O–H groups in total. The maximum absolute atomic E-state index is 12.3. The number of aryl methyl sites for hydroxylation is 1. The molecule has 0 radical (unpaired) electrons. The number of carbonyl (C=O) groups is 1. The lowest BCUT2D eigenvalue weighted by molar-refractivity contribution is -0.116. The summed E-state index contributed by atoms with van der Waals surface area (Å²) in [5, 5.41) is 7.49. The Labute approximate surface area is 139 Å². The third-order valence-electron chi connectivity index (χ3n) is 4.60. The summed E-state index contributed by atoms with van der Waals surface area (Å²) in [6.07, 6.45) is 6.04. The standard InChI is InChI=1S/C17H21N5O2/c1-2-4-15(23)19-14-9-13(10-7-8-10)21-22(14)17-18-12-6-3-5-11(12)16(24)20-17/h9-10H,2-8H2,1H3,(H,19,23)(H,18,20,24). The van der Waals surface area contributed by atoms with Crippen LogP contribution in [0.1, 0.15) is 61.9 Å². The van der Waals surface area contributed by atoms with Gasteiger partial charge in [0.25, 0.3) is 5.56 Å². The van der Waals surface area contributed by atoms with Crippen LogP contribution in [0.25, 0.3) is 5.95 Å². The minimum atomic E-state index is -0.0955. The zero-order chi connectivity index (χ0) is 16.7. The molecule has 2 heterocycles. The molecule has 126 valence electrons. The number of hydrogen-bond acceptors (Lipinski definition) is 4. The highest BCUT2D eigenvalue weighted by atomic mass is 16.1. The van der Waals surface area contributed by atoms with Crippen molar-refractivity contribution in [3.8, 4) is 5.95 Å². The number of hydrogen-bond donors (Lipinski definition) is 2. The Morgan fingerprint density at radius 2 is 2.25 bits per heavy atom. The van der Waals surface area contributed by atoms with Crippen LogP contribution >= 0.6 is 0 Å². The van der Waals surface area contributed by atoms with E-state index >= 15 is 0 Å². The number of anilines is 1. The molecule has 0 saturated heterocycles. The van der Waals surface area contributed by atoms with Gasteiger partial charge in [-0.05, 0) is 38.5 Å². The van der Waals surface area contributed by atoms with Crippen molar-refractivity contribution in [3.63, 3.8) is 0 Å². The molecule has 2 aromatic rings. The number of aromatic amines is 1. The predicted octanol–water partition coefficient (Wildman–Crippen LogP) is 2.06. The van der Waals surface area contributed by atoms with E-state index in [0.717, 1.165) is 55.5 Å². The molecule has 2 aromatic heterocycles. The van der Waals surface area contributed by atoms with Gasteiger partial charge in [-0.25, -0.2) is 4.98 Å². The average molecular weight is 327 g/mol. The minimum absolute atomic E-state index is 0.0514. The van der Waals surface area contributed by atoms with Crippen LogP contribution in [-0.2, 0) is 17.6 Å². The highest BCUT2D eigenvalue weighted by Crippen LogP contribution is 2.40. The van der Waals surface area contributed by atoms with Crippen LogP contribution in [0, 0.1) is 0 Å². The van der Waals surface area contributed by atoms with Crippen LogP contribution in [0.4, 0.5) is 5.82 Å². The normalized spacial score (nSPS) is 16.2. The summed E-state index contributed by atoms with van der Waals surface area (Å²) >= 11 is 0. The second kappa shape index (κ2) is 5.89. The van der Waals surface area contributed by atoms with Gasteiger partial charge >= 0.3 is 0 Å². The largest absolute Gasteiger partial charge is 0.310 e. The molecule has 2 aliphatic rings. The maximum atomic E-state index is 12.3. The van der Waals surface area contributed by atoms with Gasteiger partial charge < -0.3 is 5.32 Å². The molecule has 0 aliphatic heterocycles. The summed E-state index contributed by atoms with van der Waals surface area (Å²) in [5.74, 6) is 1.37. The van der Waals surface area contributed by atoms with Crippen molar-refractivity contribution in [1.29, 1.82) is 0 Å². The zero-order valence-electron chi connectivity index (χ0n) is 13.8. The van der Waals surface area contributed by atoms with Crippen molar-refractivity contribution in [1.82, 2.24) is 19.7 Å². The van der Waals surface area contributed by atoms with Crippen LogP contribution in [0.15, 0.2) is 10.9 Å². The molecule has 7 nitrogen and oxygen atoms in total. The van der Waals surface area contributed by atoms with Crippen molar-refractivity contribution in [3.05, 3.63) is 33.4 Å². The molecule has 1 saturated carbocycles. The molecule has 1 fully saturated rings. The number of amides is 1. The fourth-order valence-corrected chi connectivity index (χ4v) is 3.19. The molecule has 2 aliphatic carbocycles. The predicted molar refractivity (Wildman–Crippen MR) is 89.5 cm³/mol. The second-order valence-corrected chi connectivity index (χ2v) is 6.61. The molecule has 0 aromatic carbocycles. The van der Waals surface area contributed by atoms with Crippen molar-refractivity contribution in [2.75, 3.05) is 5.32 Å². The first-order valence-corrected chi connectivity index (χ1v) is 8.68. The number of aromatic nitrogens is 4. The van der Waals surface area contributed by atoms with Crippen LogP contribution in [0.5, 0.6) is 0 Å². The van der Waals surface area contributed by atoms with Crippen molar-refractivity contribution in [2.24, 2.45) is 0 Å². The number of rotatable bonds is 5. The quantitative estimate of drug-likeness (QED) is 0.879. The van der Waals surface area contributed by atoms with Gasteiger partial charge in [0.15, 0.2) is 0 Å². The van der Waals surface area contributed by atoms with Crippen LogP contribution in [0.3, 0.4) is 0 Å². The molecular weight excluding hydrogens is 306 g/mol. The Morgan fingerprint density at radius 1 is 1.42 bits per heavy atom. The average Bonchev–Trinajstić information content (AvgIpc) is 3.13. The number of carbonyl (C=O) groups excluding carboxylic acids is 1. The third-order valence-corrected chi connectivity index (χ3v) is 4.60. The summed E-state index contributed by atoms with van der Waals surface area (Å²) in [4.78, 5) is 31.7. The topological polar surface area (TPSA) is 92.7 Å². The Hall–Kier alpha value is -2.44. The lowest BCUT2D eigenvalue weighted by Gasteiger charge is -2.08. The van der Waals surface area contributed by atoms with Gasteiger partial charge in [-0.3, -0.25) is 14.6 Å². The van der Waals surface area contributed by atoms with Gasteiger partial charge in [-0.15, -0.1) is 0 Å². The highest BCUT2D eigenvalue weighted by molar-refractivity contribution is 5.90. The number of H-pyrrole nitrogens is 1. The van der Waals surface area contributed by atoms with Crippen LogP contribution in [-0.4, -0.2) is 25.7 Å². The van der Waals surface area contributed by atoms with Gasteiger partial charge in [0, 0.05) is 24.0 Å². The van der Waals surface area contributed by atoms with E-state index in [0.29, 0.717) is 24.1 Å². The fourth-order valence-electron chi connectivity index (χ4n) is 3.19. The SMILES string of the molecule is CCCC(=O)Nc1cc(C2CC2)nn1-c1nc2c(c(=O)[nH]1)CCC2. The molecule has 0 unspecified atom stereocenters. The summed E-state index contributed by atoms with van der Waals surface area (Å²) in [7, 11) is 0. The van der Waals surface area contributed by atoms with E-state index in [1.165, 1.54) is 0 Å². The van der Waals surface area contributed by atoms with E-state index in [-0.39, 0.29) is 11.5 Å². The molecule has 24 heavy (non-hydrogen) atoms. The molecule has 0 atom stereocenters. The third kappa shape index (κ3) is 2.74. The summed E-state index contributed by atoms with van der Waals surface area (Å²) in [6, 6.07) is 1.90. The van der Waals surface area contributed by atoms with Gasteiger partial charge in [0.2, 0.25) is 11.9 Å².